The number of hydrogen-bond donors (Lipinski definition) is 1. The van der Waals surface area contributed by atoms with Crippen molar-refractivity contribution in [1.82, 2.24) is 4.90 Å². The first kappa shape index (κ1) is 18.7. The molecule has 6 heteroatoms. The Labute approximate surface area is 130 Å². The van der Waals surface area contributed by atoms with Crippen molar-refractivity contribution < 1.29 is 39.0 Å². The van der Waals surface area contributed by atoms with Crippen LogP contribution in [0.2, 0.25) is 0 Å². The van der Waals surface area contributed by atoms with Crippen molar-refractivity contribution in [3.8, 4) is 0 Å². The molecule has 2 rings (SSSR count). The van der Waals surface area contributed by atoms with Gasteiger partial charge in [0.05, 0.1) is 6.04 Å². The van der Waals surface area contributed by atoms with E-state index in [2.05, 4.69) is 0 Å². The van der Waals surface area contributed by atoms with Crippen LogP contribution in [0, 0.1) is 5.92 Å². The van der Waals surface area contributed by atoms with Crippen LogP contribution in [0.15, 0.2) is 30.3 Å². The Kier molecular flexibility index (Phi) is 7.58. The van der Waals surface area contributed by atoms with Crippen LogP contribution in [0.3, 0.4) is 0 Å². The molecule has 0 radical (unpaired) electrons. The van der Waals surface area contributed by atoms with E-state index in [-0.39, 0.29) is 30.4 Å². The summed E-state index contributed by atoms with van der Waals surface area (Å²) in [6, 6.07) is 9.53. The van der Waals surface area contributed by atoms with Crippen molar-refractivity contribution in [3.63, 3.8) is 0 Å². The number of hydrogen-bond acceptors (Lipinski definition) is 3. The van der Waals surface area contributed by atoms with Gasteiger partial charge in [0.1, 0.15) is 0 Å². The smallest absolute Gasteiger partial charge is 0.870 e. The van der Waals surface area contributed by atoms with E-state index < -0.39 is 11.9 Å². The molecule has 2 N–H and O–H groups in total. The van der Waals surface area contributed by atoms with Gasteiger partial charge < -0.3 is 15.5 Å². The summed E-state index contributed by atoms with van der Waals surface area (Å²) in [5, 5.41) is 8.89. The van der Waals surface area contributed by atoms with Gasteiger partial charge >= 0.3 is 30.7 Å². The molecule has 5 nitrogen and oxygen atoms in total. The van der Waals surface area contributed by atoms with Gasteiger partial charge in [-0.3, -0.25) is 4.79 Å². The molecule has 1 heterocycles. The number of aliphatic carboxylic acids is 1. The summed E-state index contributed by atoms with van der Waals surface area (Å²) in [5.41, 5.74) is 1.01. The molecule has 1 saturated heterocycles. The third-order valence-corrected chi connectivity index (χ3v) is 3.45. The van der Waals surface area contributed by atoms with Crippen molar-refractivity contribution in [2.24, 2.45) is 5.92 Å². The Hall–Kier alpha value is -1.28. The standard InChI is InChI=1S/C14H17NO3.Li.H2O/c1-10-7-8-12(11-5-3-2-4-6-11)15(9-10)13(16)14(17)18;;/h2-6,10,12H,7-9H2,1H3,(H,17,18);;1H2/q;+1;/p-1. The third kappa shape index (κ3) is 4.11. The number of carbonyl (C=O) groups is 2. The van der Waals surface area contributed by atoms with Crippen LogP contribution in [0.4, 0.5) is 0 Å². The predicted molar refractivity (Wildman–Crippen MR) is 68.9 cm³/mol. The molecule has 0 aliphatic carbocycles. The number of carboxylic acid groups (broad SMARTS) is 1. The second kappa shape index (κ2) is 8.10. The Morgan fingerprint density at radius 1 is 1.20 bits per heavy atom. The first-order valence-electron chi connectivity index (χ1n) is 6.18. The molecule has 0 aromatic heterocycles. The second-order valence-corrected chi connectivity index (χ2v) is 4.87. The summed E-state index contributed by atoms with van der Waals surface area (Å²) < 4.78 is 0. The van der Waals surface area contributed by atoms with Crippen LogP contribution in [-0.2, 0) is 9.59 Å². The van der Waals surface area contributed by atoms with Gasteiger partial charge in [-0.05, 0) is 24.3 Å². The van der Waals surface area contributed by atoms with E-state index in [0.717, 1.165) is 18.4 Å². The number of piperidine rings is 1. The number of nitrogens with zero attached hydrogens (tertiary/aromatic N) is 1. The Bertz CT molecular complexity index is 452. The predicted octanol–water partition coefficient (Wildman–Crippen LogP) is -1.10. The van der Waals surface area contributed by atoms with E-state index in [4.69, 9.17) is 5.11 Å². The van der Waals surface area contributed by atoms with Gasteiger partial charge in [0.2, 0.25) is 0 Å². The van der Waals surface area contributed by atoms with Crippen LogP contribution in [0.25, 0.3) is 0 Å². The van der Waals surface area contributed by atoms with Gasteiger partial charge in [0.15, 0.2) is 0 Å². The van der Waals surface area contributed by atoms with Crippen LogP contribution < -0.4 is 18.9 Å². The molecule has 1 fully saturated rings. The average molecular weight is 271 g/mol. The first-order chi connectivity index (χ1) is 8.59. The van der Waals surface area contributed by atoms with E-state index in [9.17, 15) is 9.59 Å². The molecule has 0 spiro atoms. The maximum atomic E-state index is 11.8. The largest absolute Gasteiger partial charge is 1.00 e. The maximum Gasteiger partial charge on any atom is 1.00 e. The average Bonchev–Trinajstić information content (AvgIpc) is 2.38. The van der Waals surface area contributed by atoms with E-state index in [1.54, 1.807) is 0 Å². The number of benzene rings is 1. The first-order valence-corrected chi connectivity index (χ1v) is 6.18. The van der Waals surface area contributed by atoms with Gasteiger partial charge in [-0.2, -0.15) is 0 Å². The summed E-state index contributed by atoms with van der Waals surface area (Å²) in [6.45, 7) is 2.56. The summed E-state index contributed by atoms with van der Waals surface area (Å²) in [7, 11) is 0. The molecule has 1 aromatic rings. The Balaban J connectivity index is 0.00000180. The maximum absolute atomic E-state index is 11.8. The normalized spacial score (nSPS) is 21.4. The SMILES string of the molecule is CC1CCC(c2ccccc2)N(C(=O)C(=O)O)C1.[Li+].[OH-]. The molecule has 1 aromatic carbocycles. The topological polar surface area (TPSA) is 87.6 Å². The molecule has 1 aliphatic rings. The number of amides is 1. The summed E-state index contributed by atoms with van der Waals surface area (Å²) >= 11 is 0. The molecule has 1 aliphatic heterocycles. The fourth-order valence-corrected chi connectivity index (χ4v) is 2.52. The minimum atomic E-state index is -1.37. The van der Waals surface area contributed by atoms with Gasteiger partial charge in [-0.25, -0.2) is 4.79 Å². The van der Waals surface area contributed by atoms with E-state index in [1.807, 2.05) is 37.3 Å². The van der Waals surface area contributed by atoms with Crippen molar-refractivity contribution in [3.05, 3.63) is 35.9 Å². The zero-order valence-corrected chi connectivity index (χ0v) is 11.8. The fourth-order valence-electron chi connectivity index (χ4n) is 2.52. The number of carboxylic acids is 1. The van der Waals surface area contributed by atoms with Crippen LogP contribution >= 0.6 is 0 Å². The van der Waals surface area contributed by atoms with Crippen molar-refractivity contribution in [2.75, 3.05) is 6.54 Å². The summed E-state index contributed by atoms with van der Waals surface area (Å²) in [6.07, 6.45) is 1.84. The molecule has 20 heavy (non-hydrogen) atoms. The van der Waals surface area contributed by atoms with Gasteiger partial charge in [0, 0.05) is 6.54 Å². The molecular weight excluding hydrogens is 253 g/mol. The Morgan fingerprint density at radius 2 is 1.80 bits per heavy atom. The van der Waals surface area contributed by atoms with Crippen molar-refractivity contribution in [1.29, 1.82) is 0 Å². The van der Waals surface area contributed by atoms with Gasteiger partial charge in [-0.15, -0.1) is 0 Å². The zero-order chi connectivity index (χ0) is 13.1. The summed E-state index contributed by atoms with van der Waals surface area (Å²) in [4.78, 5) is 24.1. The number of likely N-dealkylation sites (tertiary alicyclic amines) is 1. The molecule has 0 saturated carbocycles. The molecule has 2 unspecified atom stereocenters. The quantitative estimate of drug-likeness (QED) is 0.518. The van der Waals surface area contributed by atoms with Gasteiger partial charge in [-0.1, -0.05) is 37.3 Å². The van der Waals surface area contributed by atoms with E-state index in [0.29, 0.717) is 12.5 Å². The van der Waals surface area contributed by atoms with Crippen molar-refractivity contribution in [2.45, 2.75) is 25.8 Å². The number of rotatable bonds is 1. The van der Waals surface area contributed by atoms with E-state index in [1.165, 1.54) is 4.90 Å². The Morgan fingerprint density at radius 3 is 2.35 bits per heavy atom. The molecule has 1 amide bonds. The minimum Gasteiger partial charge on any atom is -0.870 e. The van der Waals surface area contributed by atoms with Crippen LogP contribution in [-0.4, -0.2) is 33.9 Å². The monoisotopic (exact) mass is 271 g/mol. The van der Waals surface area contributed by atoms with Crippen LogP contribution in [0.5, 0.6) is 0 Å². The molecule has 0 bridgehead atoms. The number of carbonyl (C=O) groups excluding carboxylic acids is 1. The van der Waals surface area contributed by atoms with E-state index >= 15 is 0 Å². The van der Waals surface area contributed by atoms with Gasteiger partial charge in [0.25, 0.3) is 0 Å². The molecule has 104 valence electrons. The van der Waals surface area contributed by atoms with Crippen LogP contribution in [0.1, 0.15) is 31.4 Å². The zero-order valence-electron chi connectivity index (χ0n) is 11.8. The minimum absolute atomic E-state index is 0. The molecular formula is C14H18LiNO4. The fraction of sp³-hybridized carbons (Fsp3) is 0.429. The molecule has 2 atom stereocenters. The summed E-state index contributed by atoms with van der Waals surface area (Å²) in [5.74, 6) is -1.81. The third-order valence-electron chi connectivity index (χ3n) is 3.45. The van der Waals surface area contributed by atoms with Crippen molar-refractivity contribution >= 4 is 11.9 Å². The second-order valence-electron chi connectivity index (χ2n) is 4.87.